The molecule has 0 amide bonds. The first-order chi connectivity index (χ1) is 13.6. The maximum atomic E-state index is 11.3. The maximum absolute atomic E-state index is 11.3. The fourth-order valence-corrected chi connectivity index (χ4v) is 14.1. The van der Waals surface area contributed by atoms with Crippen molar-refractivity contribution in [2.45, 2.75) is 19.7 Å². The first kappa shape index (κ1) is 25.9. The minimum atomic E-state index is 0.0920. The summed E-state index contributed by atoms with van der Waals surface area (Å²) in [5, 5.41) is 1.38. The van der Waals surface area contributed by atoms with Crippen LogP contribution in [0.2, 0.25) is 0 Å². The van der Waals surface area contributed by atoms with Gasteiger partial charge >= 0.3 is 0 Å². The minimum Gasteiger partial charge on any atom is -0.282 e. The number of rotatable bonds is 13. The van der Waals surface area contributed by atoms with E-state index in [9.17, 15) is 9.59 Å². The van der Waals surface area contributed by atoms with Crippen molar-refractivity contribution in [3.8, 4) is 0 Å². The van der Waals surface area contributed by atoms with Gasteiger partial charge in [0.2, 0.25) is 10.2 Å². The summed E-state index contributed by atoms with van der Waals surface area (Å²) in [6.45, 7) is 7.05. The Morgan fingerprint density at radius 2 is 1.21 bits per heavy atom. The van der Waals surface area contributed by atoms with E-state index in [0.29, 0.717) is 19.7 Å². The predicted octanol–water partition coefficient (Wildman–Crippen LogP) is 5.69. The Hall–Kier alpha value is 1.62. The predicted molar refractivity (Wildman–Crippen MR) is 145 cm³/mol. The fraction of sp³-hybridized carbons (Fsp3) is 0.667. The molecule has 2 aliphatic heterocycles. The quantitative estimate of drug-likeness (QED) is 0.219. The van der Waals surface area contributed by atoms with Gasteiger partial charge in [-0.25, -0.2) is 0 Å². The lowest BCUT2D eigenvalue weighted by Gasteiger charge is -2.11. The summed E-state index contributed by atoms with van der Waals surface area (Å²) >= 11 is 15.1. The average molecular weight is 531 g/mol. The van der Waals surface area contributed by atoms with Crippen LogP contribution < -0.4 is 0 Å². The number of hydrogen-bond acceptors (Lipinski definition) is 10. The van der Waals surface area contributed by atoms with Gasteiger partial charge in [0.25, 0.3) is 0 Å². The summed E-state index contributed by atoms with van der Waals surface area (Å²) in [7, 11) is 0. The Bertz CT molecular complexity index is 484. The van der Waals surface area contributed by atoms with Crippen molar-refractivity contribution in [2.24, 2.45) is 0 Å². The molecule has 4 atom stereocenters. The molecule has 2 nitrogen and oxygen atoms in total. The second kappa shape index (κ2) is 15.4. The highest BCUT2D eigenvalue weighted by Gasteiger charge is 2.27. The lowest BCUT2D eigenvalue weighted by Crippen LogP contribution is -2.07. The molecule has 2 aliphatic rings. The average Bonchev–Trinajstić information content (AvgIpc) is 3.36. The lowest BCUT2D eigenvalue weighted by molar-refractivity contribution is -0.107. The second-order valence-electron chi connectivity index (χ2n) is 5.86. The number of carbonyl (C=O) groups is 2. The Morgan fingerprint density at radius 1 is 0.786 bits per heavy atom. The van der Waals surface area contributed by atoms with Crippen molar-refractivity contribution < 1.29 is 9.59 Å². The number of carbonyl (C=O) groups excluding carboxylic acids is 2. The summed E-state index contributed by atoms with van der Waals surface area (Å²) in [5.74, 6) is 8.99. The molecule has 2 heterocycles. The van der Waals surface area contributed by atoms with Crippen LogP contribution in [0.15, 0.2) is 25.3 Å². The molecule has 0 saturated carbocycles. The standard InChI is InChI=1S/C18H26O2S8/c1-3-15(19)23-7-13-9-25-17(27-13)11-21-5-6-22-12-18-26-10-14(28-18)8-24-16(20)4-2/h3-4,13-14,17-18H,1-2,5-12H2. The minimum absolute atomic E-state index is 0.0920. The van der Waals surface area contributed by atoms with Crippen LogP contribution in [0.5, 0.6) is 0 Å². The van der Waals surface area contributed by atoms with Gasteiger partial charge < -0.3 is 0 Å². The summed E-state index contributed by atoms with van der Waals surface area (Å²) in [4.78, 5) is 22.6. The fourth-order valence-electron chi connectivity index (χ4n) is 2.31. The van der Waals surface area contributed by atoms with E-state index in [1.54, 1.807) is 0 Å². The molecule has 10 heteroatoms. The van der Waals surface area contributed by atoms with Crippen LogP contribution in [-0.4, -0.2) is 75.9 Å². The Labute approximate surface area is 203 Å². The van der Waals surface area contributed by atoms with Crippen molar-refractivity contribution in [2.75, 3.05) is 46.0 Å². The molecule has 2 rings (SSSR count). The highest BCUT2D eigenvalue weighted by molar-refractivity contribution is 8.23. The van der Waals surface area contributed by atoms with Crippen molar-refractivity contribution in [1.82, 2.24) is 0 Å². The zero-order chi connectivity index (χ0) is 20.2. The third kappa shape index (κ3) is 10.8. The van der Waals surface area contributed by atoms with Crippen molar-refractivity contribution >= 4 is 104 Å². The van der Waals surface area contributed by atoms with Crippen LogP contribution >= 0.6 is 94.1 Å². The van der Waals surface area contributed by atoms with Gasteiger partial charge in [-0.1, -0.05) is 36.7 Å². The lowest BCUT2D eigenvalue weighted by atomic mass is 10.5. The molecular formula is C18H26O2S8. The maximum Gasteiger partial charge on any atom is 0.211 e. The molecule has 28 heavy (non-hydrogen) atoms. The van der Waals surface area contributed by atoms with Crippen LogP contribution in [0.1, 0.15) is 0 Å². The van der Waals surface area contributed by atoms with Gasteiger partial charge in [0, 0.05) is 56.5 Å². The summed E-state index contributed by atoms with van der Waals surface area (Å²) in [6, 6.07) is 0. The first-order valence-corrected chi connectivity index (χ1v) is 17.1. The SMILES string of the molecule is C=CC(=O)SCC1CSC(CSCCSCC2SCC(CSC(=O)C=C)S2)S1. The molecule has 0 aromatic rings. The first-order valence-electron chi connectivity index (χ1n) is 8.88. The van der Waals surface area contributed by atoms with E-state index in [1.807, 2.05) is 47.0 Å². The van der Waals surface area contributed by atoms with Gasteiger partial charge in [0.05, 0.1) is 9.16 Å². The molecule has 0 aliphatic carbocycles. The third-order valence-electron chi connectivity index (χ3n) is 3.66. The smallest absolute Gasteiger partial charge is 0.211 e. The Morgan fingerprint density at radius 3 is 1.61 bits per heavy atom. The molecule has 2 fully saturated rings. The molecule has 0 aromatic carbocycles. The normalized spacial score (nSPS) is 27.0. The van der Waals surface area contributed by atoms with E-state index < -0.39 is 0 Å². The van der Waals surface area contributed by atoms with E-state index in [0.717, 1.165) is 23.0 Å². The Kier molecular flexibility index (Phi) is 14.3. The van der Waals surface area contributed by atoms with Crippen LogP contribution in [0.4, 0.5) is 0 Å². The van der Waals surface area contributed by atoms with Gasteiger partial charge in [-0.3, -0.25) is 9.59 Å². The van der Waals surface area contributed by atoms with E-state index in [4.69, 9.17) is 0 Å². The van der Waals surface area contributed by atoms with Gasteiger partial charge in [-0.2, -0.15) is 23.5 Å². The molecule has 0 aromatic heterocycles. The highest BCUT2D eigenvalue weighted by atomic mass is 32.2. The third-order valence-corrected chi connectivity index (χ3v) is 15.9. The van der Waals surface area contributed by atoms with Gasteiger partial charge in [0.15, 0.2) is 0 Å². The van der Waals surface area contributed by atoms with E-state index in [-0.39, 0.29) is 10.2 Å². The summed E-state index contributed by atoms with van der Waals surface area (Å²) < 4.78 is 1.36. The van der Waals surface area contributed by atoms with Crippen LogP contribution in [0.25, 0.3) is 0 Å². The summed E-state index contributed by atoms with van der Waals surface area (Å²) in [6.07, 6.45) is 2.82. The van der Waals surface area contributed by atoms with Crippen LogP contribution in [0.3, 0.4) is 0 Å². The number of thioether (sulfide) groups is 8. The van der Waals surface area contributed by atoms with E-state index in [2.05, 4.69) is 36.7 Å². The van der Waals surface area contributed by atoms with Gasteiger partial charge in [-0.15, -0.1) is 47.0 Å². The summed E-state index contributed by atoms with van der Waals surface area (Å²) in [5.41, 5.74) is 0. The van der Waals surface area contributed by atoms with Gasteiger partial charge in [-0.05, 0) is 12.2 Å². The van der Waals surface area contributed by atoms with Crippen molar-refractivity contribution in [1.29, 1.82) is 0 Å². The second-order valence-corrected chi connectivity index (χ2v) is 16.3. The van der Waals surface area contributed by atoms with Gasteiger partial charge in [0.1, 0.15) is 0 Å². The molecule has 0 N–H and O–H groups in total. The topological polar surface area (TPSA) is 34.1 Å². The van der Waals surface area contributed by atoms with Crippen LogP contribution in [-0.2, 0) is 9.59 Å². The zero-order valence-electron chi connectivity index (χ0n) is 15.6. The highest BCUT2D eigenvalue weighted by Crippen LogP contribution is 2.42. The number of hydrogen-bond donors (Lipinski definition) is 0. The van der Waals surface area contributed by atoms with Crippen LogP contribution in [0, 0.1) is 0 Å². The van der Waals surface area contributed by atoms with Crippen molar-refractivity contribution in [3.05, 3.63) is 25.3 Å². The largest absolute Gasteiger partial charge is 0.282 e. The molecule has 158 valence electrons. The molecular weight excluding hydrogens is 505 g/mol. The molecule has 0 radical (unpaired) electrons. The van der Waals surface area contributed by atoms with E-state index >= 15 is 0 Å². The molecule has 0 spiro atoms. The van der Waals surface area contributed by atoms with Crippen molar-refractivity contribution in [3.63, 3.8) is 0 Å². The monoisotopic (exact) mass is 530 g/mol. The Balaban J connectivity index is 1.43. The molecule has 0 bridgehead atoms. The zero-order valence-corrected chi connectivity index (χ0v) is 22.1. The molecule has 2 saturated heterocycles. The van der Waals surface area contributed by atoms with E-state index in [1.165, 1.54) is 58.7 Å². The molecule has 4 unspecified atom stereocenters.